The van der Waals surface area contributed by atoms with Crippen LogP contribution in [0, 0.1) is 6.92 Å². The lowest BCUT2D eigenvalue weighted by Gasteiger charge is -2.27. The average molecular weight is 442 g/mol. The summed E-state index contributed by atoms with van der Waals surface area (Å²) in [6.45, 7) is 4.28. The summed E-state index contributed by atoms with van der Waals surface area (Å²) < 4.78 is 40.1. The lowest BCUT2D eigenvalue weighted by molar-refractivity contribution is -0.181. The monoisotopic (exact) mass is 442 g/mol. The third-order valence-corrected chi connectivity index (χ3v) is 6.35. The number of thiazole rings is 1. The number of pyridine rings is 1. The van der Waals surface area contributed by atoms with E-state index in [0.717, 1.165) is 25.2 Å². The van der Waals surface area contributed by atoms with Gasteiger partial charge in [-0.15, -0.1) is 0 Å². The van der Waals surface area contributed by atoms with E-state index in [4.69, 9.17) is 5.73 Å². The first-order chi connectivity index (χ1) is 13.9. The summed E-state index contributed by atoms with van der Waals surface area (Å²) in [5.74, 6) is -0.560. The number of aryl methyl sites for hydroxylation is 1. The topological polar surface area (TPSA) is 101 Å². The molecule has 3 N–H and O–H groups in total. The number of nitrogens with two attached hydrogens (primary N) is 1. The van der Waals surface area contributed by atoms with Crippen LogP contribution in [0.25, 0.3) is 10.4 Å². The quantitative estimate of drug-likeness (QED) is 0.703. The molecule has 0 bridgehead atoms. The minimum absolute atomic E-state index is 0.104. The van der Waals surface area contributed by atoms with Crippen molar-refractivity contribution in [1.29, 1.82) is 0 Å². The molecule has 3 rings (SSSR count). The predicted octanol–water partition coefficient (Wildman–Crippen LogP) is 3.84. The molecule has 0 saturated carbocycles. The molecule has 2 aromatic rings. The van der Waals surface area contributed by atoms with Gasteiger partial charge >= 0.3 is 12.2 Å². The highest BCUT2D eigenvalue weighted by Gasteiger charge is 2.49. The molecule has 162 valence electrons. The second-order valence-electron chi connectivity index (χ2n) is 7.67. The van der Waals surface area contributed by atoms with E-state index in [1.807, 2.05) is 0 Å². The van der Waals surface area contributed by atoms with Gasteiger partial charge < -0.3 is 10.6 Å². The summed E-state index contributed by atoms with van der Waals surface area (Å²) in [5.41, 5.74) is 4.22. The molecule has 3 heterocycles. The van der Waals surface area contributed by atoms with Crippen LogP contribution < -0.4 is 11.1 Å². The van der Waals surface area contributed by atoms with Gasteiger partial charge in [0.25, 0.3) is 0 Å². The minimum atomic E-state index is -4.45. The molecule has 1 fully saturated rings. The summed E-state index contributed by atoms with van der Waals surface area (Å²) in [7, 11) is 0. The van der Waals surface area contributed by atoms with Gasteiger partial charge in [-0.2, -0.15) is 13.2 Å². The number of hydrogen-bond acceptors (Lipinski definition) is 5. The Labute approximate surface area is 175 Å². The van der Waals surface area contributed by atoms with Gasteiger partial charge in [-0.1, -0.05) is 11.3 Å². The molecule has 0 radical (unpaired) electrons. The van der Waals surface area contributed by atoms with E-state index in [1.54, 1.807) is 13.0 Å². The Morgan fingerprint density at radius 2 is 2.03 bits per heavy atom. The maximum absolute atomic E-state index is 13.4. The smallest absolute Gasteiger partial charge is 0.368 e. The number of alkyl halides is 3. The fourth-order valence-corrected chi connectivity index (χ4v) is 4.20. The Hall–Kier alpha value is -2.69. The van der Waals surface area contributed by atoms with Gasteiger partial charge in [-0.25, -0.2) is 9.78 Å². The summed E-state index contributed by atoms with van der Waals surface area (Å²) in [5, 5.41) is 2.95. The zero-order chi connectivity index (χ0) is 22.3. The van der Waals surface area contributed by atoms with Crippen molar-refractivity contribution in [3.05, 3.63) is 29.7 Å². The van der Waals surface area contributed by atoms with Gasteiger partial charge in [0.2, 0.25) is 5.91 Å². The van der Waals surface area contributed by atoms with Crippen molar-refractivity contribution in [2.45, 2.75) is 51.2 Å². The second-order valence-corrected chi connectivity index (χ2v) is 8.67. The number of urea groups is 1. The van der Waals surface area contributed by atoms with Crippen LogP contribution in [0.1, 0.15) is 38.1 Å². The standard InChI is InChI=1S/C19H22F3N5O2S/c1-10-14(11-6-7-24-13(9-11)18(2,3)19(20,21)22)30-16(25-10)26-17(29)27-8-4-5-12(27)15(23)28/h6-7,9,12H,4-5,8H2,1-3H3,(H2,23,28)(H,25,26,29)/t12-/m0/s1/i12+1. The number of hydrogen-bond donors (Lipinski definition) is 2. The van der Waals surface area contributed by atoms with Gasteiger partial charge in [0, 0.05) is 12.7 Å². The van der Waals surface area contributed by atoms with Crippen molar-refractivity contribution in [3.8, 4) is 10.4 Å². The summed E-state index contributed by atoms with van der Waals surface area (Å²) in [6.07, 6.45) is -1.93. The Kier molecular flexibility index (Phi) is 5.76. The first kappa shape index (κ1) is 22.0. The normalized spacial score (nSPS) is 17.3. The number of halogens is 3. The van der Waals surface area contributed by atoms with Gasteiger partial charge in [0.05, 0.1) is 16.3 Å². The van der Waals surface area contributed by atoms with E-state index in [-0.39, 0.29) is 10.8 Å². The summed E-state index contributed by atoms with van der Waals surface area (Å²) in [4.78, 5) is 34.2. The molecule has 0 unspecified atom stereocenters. The maximum Gasteiger partial charge on any atom is 0.399 e. The average Bonchev–Trinajstić information content (AvgIpc) is 3.28. The van der Waals surface area contributed by atoms with E-state index < -0.39 is 29.6 Å². The van der Waals surface area contributed by atoms with Crippen molar-refractivity contribution < 1.29 is 22.8 Å². The first-order valence-corrected chi connectivity index (χ1v) is 10.1. The highest BCUT2D eigenvalue weighted by Crippen LogP contribution is 2.41. The molecule has 7 nitrogen and oxygen atoms in total. The van der Waals surface area contributed by atoms with Crippen LogP contribution in [0.2, 0.25) is 0 Å². The van der Waals surface area contributed by atoms with Crippen LogP contribution in [-0.4, -0.2) is 45.6 Å². The molecular weight excluding hydrogens is 420 g/mol. The molecule has 1 saturated heterocycles. The van der Waals surface area contributed by atoms with E-state index in [2.05, 4.69) is 15.3 Å². The minimum Gasteiger partial charge on any atom is -0.368 e. The first-order valence-electron chi connectivity index (χ1n) is 9.30. The van der Waals surface area contributed by atoms with E-state index in [0.29, 0.717) is 35.5 Å². The molecular formula is C19H22F3N5O2S. The van der Waals surface area contributed by atoms with Gasteiger partial charge in [-0.05, 0) is 51.3 Å². The van der Waals surface area contributed by atoms with Crippen molar-refractivity contribution in [2.75, 3.05) is 11.9 Å². The van der Waals surface area contributed by atoms with Gasteiger partial charge in [-0.3, -0.25) is 15.1 Å². The molecule has 11 heteroatoms. The number of anilines is 1. The van der Waals surface area contributed by atoms with Crippen LogP contribution in [0.5, 0.6) is 0 Å². The molecule has 1 aliphatic heterocycles. The zero-order valence-corrected chi connectivity index (χ0v) is 17.5. The highest BCUT2D eigenvalue weighted by atomic mass is 32.1. The molecule has 0 aliphatic carbocycles. The summed E-state index contributed by atoms with van der Waals surface area (Å²) >= 11 is 1.14. The SMILES string of the molecule is Cc1nc(NC(=O)N2CCC[13C@H]2C(N)=O)sc1-c1ccnc(C(C)(C)C(F)(F)F)c1. The van der Waals surface area contributed by atoms with Crippen LogP contribution in [-0.2, 0) is 10.2 Å². The number of rotatable bonds is 4. The van der Waals surface area contributed by atoms with Crippen molar-refractivity contribution in [3.63, 3.8) is 0 Å². The molecule has 30 heavy (non-hydrogen) atoms. The number of amides is 3. The van der Waals surface area contributed by atoms with Crippen LogP contribution in [0.15, 0.2) is 18.3 Å². The van der Waals surface area contributed by atoms with E-state index in [9.17, 15) is 22.8 Å². The van der Waals surface area contributed by atoms with Crippen LogP contribution in [0.3, 0.4) is 0 Å². The predicted molar refractivity (Wildman–Crippen MR) is 107 cm³/mol. The third-order valence-electron chi connectivity index (χ3n) is 5.22. The zero-order valence-electron chi connectivity index (χ0n) is 16.7. The van der Waals surface area contributed by atoms with Crippen molar-refractivity contribution >= 4 is 28.4 Å². The molecule has 3 amide bonds. The second kappa shape index (κ2) is 7.86. The number of nitrogens with zero attached hydrogens (tertiary/aromatic N) is 3. The van der Waals surface area contributed by atoms with Crippen molar-refractivity contribution in [1.82, 2.24) is 14.9 Å². The van der Waals surface area contributed by atoms with Crippen LogP contribution in [0.4, 0.5) is 23.1 Å². The number of carbonyl (C=O) groups is 2. The van der Waals surface area contributed by atoms with Crippen molar-refractivity contribution in [2.24, 2.45) is 5.73 Å². The molecule has 0 aromatic carbocycles. The number of carbonyl (C=O) groups excluding carboxylic acids is 2. The fourth-order valence-electron chi connectivity index (χ4n) is 3.25. The molecule has 2 aromatic heterocycles. The fraction of sp³-hybridized carbons (Fsp3) is 0.474. The highest BCUT2D eigenvalue weighted by molar-refractivity contribution is 7.19. The van der Waals surface area contributed by atoms with E-state index in [1.165, 1.54) is 17.2 Å². The Bertz CT molecular complexity index is 973. The Morgan fingerprint density at radius 3 is 2.67 bits per heavy atom. The molecule has 0 spiro atoms. The number of aromatic nitrogens is 2. The van der Waals surface area contributed by atoms with Gasteiger partial charge in [0.1, 0.15) is 11.5 Å². The Morgan fingerprint density at radius 1 is 1.33 bits per heavy atom. The van der Waals surface area contributed by atoms with Gasteiger partial charge in [0.15, 0.2) is 5.13 Å². The molecule has 1 atom stereocenters. The lowest BCUT2D eigenvalue weighted by Crippen LogP contribution is -2.45. The number of primary amides is 1. The van der Waals surface area contributed by atoms with Crippen LogP contribution >= 0.6 is 11.3 Å². The number of likely N-dealkylation sites (tertiary alicyclic amines) is 1. The molecule has 1 aliphatic rings. The Balaban J connectivity index is 1.84. The third kappa shape index (κ3) is 4.11. The summed E-state index contributed by atoms with van der Waals surface area (Å²) in [6, 6.07) is 1.86. The largest absolute Gasteiger partial charge is 0.399 e. The maximum atomic E-state index is 13.4. The lowest BCUT2D eigenvalue weighted by atomic mass is 9.87. The van der Waals surface area contributed by atoms with E-state index >= 15 is 0 Å². The number of nitrogens with one attached hydrogen (secondary N) is 1.